The van der Waals surface area contributed by atoms with E-state index in [-0.39, 0.29) is 17.7 Å². The summed E-state index contributed by atoms with van der Waals surface area (Å²) in [7, 11) is 0. The van der Waals surface area contributed by atoms with E-state index in [4.69, 9.17) is 5.73 Å². The van der Waals surface area contributed by atoms with Crippen LogP contribution in [0.5, 0.6) is 0 Å². The number of aryl methyl sites for hydroxylation is 1. The monoisotopic (exact) mass is 280 g/mol. The van der Waals surface area contributed by atoms with Gasteiger partial charge in [0.2, 0.25) is 5.91 Å². The number of nitrogens with two attached hydrogens (primary N) is 1. The highest BCUT2D eigenvalue weighted by Gasteiger charge is 2.25. The highest BCUT2D eigenvalue weighted by molar-refractivity contribution is 7.98. The van der Waals surface area contributed by atoms with Crippen LogP contribution in [0.1, 0.15) is 24.2 Å². The number of carbonyl (C=O) groups is 2. The normalized spacial score (nSPS) is 19.3. The maximum Gasteiger partial charge on any atom is 0.221 e. The summed E-state index contributed by atoms with van der Waals surface area (Å²) in [6, 6.07) is -0.376. The van der Waals surface area contributed by atoms with Crippen LogP contribution >= 0.6 is 11.8 Å². The molecule has 1 amide bonds. The number of anilines is 1. The molecule has 1 saturated heterocycles. The van der Waals surface area contributed by atoms with Gasteiger partial charge in [-0.1, -0.05) is 0 Å². The maximum atomic E-state index is 11.6. The molecule has 1 fully saturated rings. The first-order valence-corrected chi connectivity index (χ1v) is 7.19. The molecule has 0 bridgehead atoms. The summed E-state index contributed by atoms with van der Waals surface area (Å²) >= 11 is 1.54. The van der Waals surface area contributed by atoms with Crippen molar-refractivity contribution in [3.8, 4) is 0 Å². The average molecular weight is 280 g/mol. The van der Waals surface area contributed by atoms with E-state index in [1.165, 1.54) is 0 Å². The second-order valence-electron chi connectivity index (χ2n) is 4.43. The molecule has 102 valence electrons. The molecular formula is C12H16N4O2S. The first kappa shape index (κ1) is 13.8. The van der Waals surface area contributed by atoms with E-state index in [1.54, 1.807) is 24.9 Å². The van der Waals surface area contributed by atoms with Crippen LogP contribution in [-0.2, 0) is 15.3 Å². The van der Waals surface area contributed by atoms with Crippen molar-refractivity contribution < 1.29 is 9.59 Å². The van der Waals surface area contributed by atoms with E-state index >= 15 is 0 Å². The molecule has 19 heavy (non-hydrogen) atoms. The smallest absolute Gasteiger partial charge is 0.221 e. The van der Waals surface area contributed by atoms with Gasteiger partial charge in [-0.15, -0.1) is 0 Å². The molecule has 1 aliphatic rings. The van der Waals surface area contributed by atoms with Crippen LogP contribution < -0.4 is 11.1 Å². The molecule has 0 spiro atoms. The Balaban J connectivity index is 1.86. The van der Waals surface area contributed by atoms with Gasteiger partial charge in [0.25, 0.3) is 0 Å². The highest BCUT2D eigenvalue weighted by Crippen LogP contribution is 2.18. The van der Waals surface area contributed by atoms with E-state index in [1.807, 2.05) is 0 Å². The van der Waals surface area contributed by atoms with Crippen molar-refractivity contribution in [2.45, 2.75) is 31.6 Å². The molecular weight excluding hydrogens is 264 g/mol. The first-order chi connectivity index (χ1) is 9.06. The number of ketones is 1. The van der Waals surface area contributed by atoms with Crippen molar-refractivity contribution >= 4 is 29.3 Å². The predicted molar refractivity (Wildman–Crippen MR) is 73.5 cm³/mol. The number of aromatic nitrogens is 2. The third-order valence-corrected chi connectivity index (χ3v) is 3.97. The van der Waals surface area contributed by atoms with Crippen LogP contribution in [0.25, 0.3) is 0 Å². The predicted octanol–water partition coefficient (Wildman–Crippen LogP) is 0.448. The van der Waals surface area contributed by atoms with Gasteiger partial charge in [-0.25, -0.2) is 9.97 Å². The summed E-state index contributed by atoms with van der Waals surface area (Å²) < 4.78 is 0. The molecule has 3 N–H and O–H groups in total. The maximum absolute atomic E-state index is 11.6. The second kappa shape index (κ2) is 6.01. The van der Waals surface area contributed by atoms with Crippen LogP contribution in [-0.4, -0.2) is 33.5 Å². The summed E-state index contributed by atoms with van der Waals surface area (Å²) in [6.07, 6.45) is 2.34. The third kappa shape index (κ3) is 3.66. The Labute approximate surface area is 115 Å². The van der Waals surface area contributed by atoms with Crippen molar-refractivity contribution in [1.82, 2.24) is 15.3 Å². The summed E-state index contributed by atoms with van der Waals surface area (Å²) in [5.41, 5.74) is 6.64. The quantitative estimate of drug-likeness (QED) is 0.831. The van der Waals surface area contributed by atoms with E-state index in [2.05, 4.69) is 15.3 Å². The first-order valence-electron chi connectivity index (χ1n) is 6.04. The van der Waals surface area contributed by atoms with Gasteiger partial charge in [0.15, 0.2) is 5.78 Å². The minimum absolute atomic E-state index is 0.0524. The topological polar surface area (TPSA) is 98.0 Å². The number of nitrogen functional groups attached to an aromatic ring is 1. The van der Waals surface area contributed by atoms with Crippen LogP contribution in [0.3, 0.4) is 0 Å². The van der Waals surface area contributed by atoms with E-state index in [0.717, 1.165) is 5.56 Å². The van der Waals surface area contributed by atoms with Gasteiger partial charge in [0, 0.05) is 36.1 Å². The minimum atomic E-state index is -0.376. The Hall–Kier alpha value is -1.63. The number of piperidine rings is 1. The lowest BCUT2D eigenvalue weighted by Gasteiger charge is -2.21. The summed E-state index contributed by atoms with van der Waals surface area (Å²) in [5, 5.41) is 2.70. The van der Waals surface area contributed by atoms with Gasteiger partial charge < -0.3 is 11.1 Å². The van der Waals surface area contributed by atoms with Gasteiger partial charge >= 0.3 is 0 Å². The number of nitrogens with zero attached hydrogens (tertiary/aromatic N) is 2. The Morgan fingerprint density at radius 3 is 3.00 bits per heavy atom. The van der Waals surface area contributed by atoms with E-state index < -0.39 is 0 Å². The van der Waals surface area contributed by atoms with Crippen molar-refractivity contribution in [2.75, 3.05) is 11.5 Å². The number of hydrogen-bond acceptors (Lipinski definition) is 6. The number of nitrogens with one attached hydrogen (secondary N) is 1. The number of amides is 1. The Morgan fingerprint density at radius 1 is 1.47 bits per heavy atom. The number of thioether (sulfide) groups is 1. The van der Waals surface area contributed by atoms with Crippen LogP contribution in [0.2, 0.25) is 0 Å². The number of carbonyl (C=O) groups excluding carboxylic acids is 2. The molecule has 0 aromatic carbocycles. The van der Waals surface area contributed by atoms with Gasteiger partial charge in [-0.2, -0.15) is 11.8 Å². The molecule has 1 aromatic rings. The fraction of sp³-hybridized carbons (Fsp3) is 0.500. The molecule has 1 aromatic heterocycles. The van der Waals surface area contributed by atoms with Gasteiger partial charge in [-0.05, 0) is 6.92 Å². The van der Waals surface area contributed by atoms with Crippen molar-refractivity contribution in [3.63, 3.8) is 0 Å². The summed E-state index contributed by atoms with van der Waals surface area (Å²) in [5.74, 6) is 2.34. The zero-order valence-corrected chi connectivity index (χ0v) is 11.5. The Morgan fingerprint density at radius 2 is 2.26 bits per heavy atom. The molecule has 0 radical (unpaired) electrons. The largest absolute Gasteiger partial charge is 0.383 e. The van der Waals surface area contributed by atoms with E-state index in [0.29, 0.717) is 36.0 Å². The molecule has 1 unspecified atom stereocenters. The van der Waals surface area contributed by atoms with Gasteiger partial charge in [-0.3, -0.25) is 9.59 Å². The number of Topliss-reactive ketones (excluding diaryl/α,β-unsaturated/α-hetero) is 1. The molecule has 1 aliphatic heterocycles. The van der Waals surface area contributed by atoms with E-state index in [9.17, 15) is 9.59 Å². The third-order valence-electron chi connectivity index (χ3n) is 2.88. The standard InChI is InChI=1S/C12H16N4O2S/c1-7-14-4-8(12(13)15-7)5-19-6-9-10(17)2-3-11(18)16-9/h4,9H,2-3,5-6H2,1H3,(H,16,18)(H2,13,14,15). The SMILES string of the molecule is Cc1ncc(CSCC2NC(=O)CCC2=O)c(N)n1. The van der Waals surface area contributed by atoms with Crippen molar-refractivity contribution in [2.24, 2.45) is 0 Å². The van der Waals surface area contributed by atoms with Crippen molar-refractivity contribution in [1.29, 1.82) is 0 Å². The summed E-state index contributed by atoms with van der Waals surface area (Å²) in [4.78, 5) is 31.0. The van der Waals surface area contributed by atoms with Crippen LogP contribution in [0, 0.1) is 6.92 Å². The Bertz CT molecular complexity index is 507. The molecule has 2 heterocycles. The lowest BCUT2D eigenvalue weighted by atomic mass is 10.0. The zero-order valence-electron chi connectivity index (χ0n) is 10.7. The van der Waals surface area contributed by atoms with Crippen molar-refractivity contribution in [3.05, 3.63) is 17.6 Å². The number of rotatable bonds is 4. The zero-order chi connectivity index (χ0) is 13.8. The molecule has 6 nitrogen and oxygen atoms in total. The molecule has 0 saturated carbocycles. The van der Waals surface area contributed by atoms with Crippen LogP contribution in [0.15, 0.2) is 6.20 Å². The fourth-order valence-electron chi connectivity index (χ4n) is 1.80. The average Bonchev–Trinajstić information content (AvgIpc) is 2.36. The fourth-order valence-corrected chi connectivity index (χ4v) is 2.87. The molecule has 7 heteroatoms. The Kier molecular flexibility index (Phi) is 4.36. The molecule has 0 aliphatic carbocycles. The lowest BCUT2D eigenvalue weighted by molar-refractivity contribution is -0.132. The van der Waals surface area contributed by atoms with Gasteiger partial charge in [0.1, 0.15) is 11.6 Å². The lowest BCUT2D eigenvalue weighted by Crippen LogP contribution is -2.46. The minimum Gasteiger partial charge on any atom is -0.383 e. The summed E-state index contributed by atoms with van der Waals surface area (Å²) in [6.45, 7) is 1.78. The number of hydrogen-bond donors (Lipinski definition) is 2. The molecule has 1 atom stereocenters. The second-order valence-corrected chi connectivity index (χ2v) is 5.46. The highest BCUT2D eigenvalue weighted by atomic mass is 32.2. The molecule has 2 rings (SSSR count). The van der Waals surface area contributed by atoms with Crippen LogP contribution in [0.4, 0.5) is 5.82 Å². The van der Waals surface area contributed by atoms with Gasteiger partial charge in [0.05, 0.1) is 6.04 Å².